The van der Waals surface area contributed by atoms with Gasteiger partial charge in [-0.25, -0.2) is 4.79 Å². The Kier molecular flexibility index (Phi) is 3.61. The average molecular weight is 292 g/mol. The molecule has 0 fully saturated rings. The third-order valence-electron chi connectivity index (χ3n) is 2.87. The Morgan fingerprint density at radius 2 is 1.65 bits per heavy atom. The number of aromatic carboxylic acids is 1. The van der Waals surface area contributed by atoms with E-state index in [2.05, 4.69) is 0 Å². The van der Waals surface area contributed by atoms with Crippen molar-refractivity contribution in [3.8, 4) is 11.1 Å². The molecule has 0 spiro atoms. The summed E-state index contributed by atoms with van der Waals surface area (Å²) in [7, 11) is -4.51. The minimum atomic E-state index is -4.51. The van der Waals surface area contributed by atoms with Crippen molar-refractivity contribution in [3.63, 3.8) is 0 Å². The molecular weight excluding hydrogens is 280 g/mol. The van der Waals surface area contributed by atoms with Crippen LogP contribution in [0.1, 0.15) is 15.9 Å². The Balaban J connectivity index is 2.70. The molecule has 0 aromatic heterocycles. The highest BCUT2D eigenvalue weighted by Gasteiger charge is 2.19. The molecule has 104 valence electrons. The maximum Gasteiger partial charge on any atom is 0.335 e. The highest BCUT2D eigenvalue weighted by atomic mass is 32.2. The lowest BCUT2D eigenvalue weighted by Crippen LogP contribution is -2.04. The van der Waals surface area contributed by atoms with E-state index in [0.717, 1.165) is 11.6 Å². The summed E-state index contributed by atoms with van der Waals surface area (Å²) in [5, 5.41) is 8.90. The van der Waals surface area contributed by atoms with Crippen molar-refractivity contribution < 1.29 is 22.9 Å². The van der Waals surface area contributed by atoms with Gasteiger partial charge in [0.2, 0.25) is 0 Å². The zero-order valence-corrected chi connectivity index (χ0v) is 11.4. The van der Waals surface area contributed by atoms with Gasteiger partial charge in [-0.3, -0.25) is 4.55 Å². The minimum Gasteiger partial charge on any atom is -0.478 e. The topological polar surface area (TPSA) is 91.7 Å². The second-order valence-corrected chi connectivity index (χ2v) is 5.75. The summed E-state index contributed by atoms with van der Waals surface area (Å²) in [5.41, 5.74) is 1.65. The lowest BCUT2D eigenvalue weighted by Gasteiger charge is -2.09. The van der Waals surface area contributed by atoms with Crippen LogP contribution in [0.3, 0.4) is 0 Å². The predicted octanol–water partition coefficient (Wildman–Crippen LogP) is 2.61. The number of carboxylic acids is 1. The summed E-state index contributed by atoms with van der Waals surface area (Å²) in [4.78, 5) is 10.5. The first-order valence-corrected chi connectivity index (χ1v) is 7.15. The molecule has 2 aromatic rings. The fourth-order valence-electron chi connectivity index (χ4n) is 1.84. The molecule has 0 radical (unpaired) electrons. The molecule has 0 amide bonds. The molecule has 0 saturated carbocycles. The van der Waals surface area contributed by atoms with Gasteiger partial charge >= 0.3 is 5.97 Å². The van der Waals surface area contributed by atoms with Crippen molar-refractivity contribution in [3.05, 3.63) is 53.6 Å². The summed E-state index contributed by atoms with van der Waals surface area (Å²) >= 11 is 0. The van der Waals surface area contributed by atoms with Crippen LogP contribution in [0.2, 0.25) is 0 Å². The monoisotopic (exact) mass is 292 g/mol. The van der Waals surface area contributed by atoms with E-state index in [-0.39, 0.29) is 11.1 Å². The lowest BCUT2D eigenvalue weighted by molar-refractivity contribution is 0.0696. The van der Waals surface area contributed by atoms with Crippen molar-refractivity contribution in [1.82, 2.24) is 0 Å². The molecule has 0 aliphatic rings. The third-order valence-corrected chi connectivity index (χ3v) is 3.76. The average Bonchev–Trinajstić information content (AvgIpc) is 2.38. The molecule has 2 aromatic carbocycles. The van der Waals surface area contributed by atoms with Crippen LogP contribution in [0.25, 0.3) is 11.1 Å². The number of carbonyl (C=O) groups is 1. The van der Waals surface area contributed by atoms with E-state index >= 15 is 0 Å². The van der Waals surface area contributed by atoms with Gasteiger partial charge in [-0.2, -0.15) is 8.42 Å². The predicted molar refractivity (Wildman–Crippen MR) is 73.4 cm³/mol. The van der Waals surface area contributed by atoms with Gasteiger partial charge < -0.3 is 5.11 Å². The largest absolute Gasteiger partial charge is 0.478 e. The van der Waals surface area contributed by atoms with Crippen LogP contribution in [-0.2, 0) is 10.1 Å². The fourth-order valence-corrected chi connectivity index (χ4v) is 2.58. The normalized spacial score (nSPS) is 11.3. The zero-order valence-electron chi connectivity index (χ0n) is 10.6. The number of carboxylic acid groups (broad SMARTS) is 1. The Bertz CT molecular complexity index is 761. The van der Waals surface area contributed by atoms with Gasteiger partial charge in [0.15, 0.2) is 0 Å². The maximum atomic E-state index is 11.4. The zero-order chi connectivity index (χ0) is 14.9. The molecule has 2 rings (SSSR count). The van der Waals surface area contributed by atoms with Crippen molar-refractivity contribution in [2.24, 2.45) is 0 Å². The second-order valence-electron chi connectivity index (χ2n) is 4.36. The highest BCUT2D eigenvalue weighted by Crippen LogP contribution is 2.28. The first kappa shape index (κ1) is 14.2. The van der Waals surface area contributed by atoms with E-state index < -0.39 is 21.0 Å². The van der Waals surface area contributed by atoms with Gasteiger partial charge in [0.1, 0.15) is 4.90 Å². The molecule has 20 heavy (non-hydrogen) atoms. The van der Waals surface area contributed by atoms with Crippen LogP contribution in [0.4, 0.5) is 0 Å². The SMILES string of the molecule is Cc1ccc(-c2ccc(C(=O)O)cc2S(=O)(=O)O)cc1. The smallest absolute Gasteiger partial charge is 0.335 e. The van der Waals surface area contributed by atoms with Gasteiger partial charge in [-0.15, -0.1) is 0 Å². The number of hydrogen-bond donors (Lipinski definition) is 2. The molecule has 0 unspecified atom stereocenters. The van der Waals surface area contributed by atoms with Crippen LogP contribution >= 0.6 is 0 Å². The van der Waals surface area contributed by atoms with E-state index in [0.29, 0.717) is 5.56 Å². The Morgan fingerprint density at radius 1 is 1.05 bits per heavy atom. The molecule has 0 atom stereocenters. The van der Waals surface area contributed by atoms with Crippen LogP contribution < -0.4 is 0 Å². The molecular formula is C14H12O5S. The molecule has 2 N–H and O–H groups in total. The summed E-state index contributed by atoms with van der Waals surface area (Å²) in [6.07, 6.45) is 0. The quantitative estimate of drug-likeness (QED) is 0.848. The number of aryl methyl sites for hydroxylation is 1. The van der Waals surface area contributed by atoms with Crippen LogP contribution in [-0.4, -0.2) is 24.0 Å². The van der Waals surface area contributed by atoms with Crippen LogP contribution in [0.5, 0.6) is 0 Å². The van der Waals surface area contributed by atoms with Crippen molar-refractivity contribution in [2.45, 2.75) is 11.8 Å². The first-order chi connectivity index (χ1) is 9.29. The molecule has 0 aliphatic carbocycles. The number of benzene rings is 2. The second kappa shape index (κ2) is 5.07. The molecule has 0 bridgehead atoms. The number of hydrogen-bond acceptors (Lipinski definition) is 3. The Morgan fingerprint density at radius 3 is 2.15 bits per heavy atom. The van der Waals surface area contributed by atoms with Gasteiger partial charge in [0, 0.05) is 5.56 Å². The van der Waals surface area contributed by atoms with E-state index in [4.69, 9.17) is 5.11 Å². The first-order valence-electron chi connectivity index (χ1n) is 5.71. The third kappa shape index (κ3) is 2.87. The maximum absolute atomic E-state index is 11.4. The number of rotatable bonds is 3. The van der Waals surface area contributed by atoms with Gasteiger partial charge in [-0.05, 0) is 24.6 Å². The Hall–Kier alpha value is -2.18. The van der Waals surface area contributed by atoms with Crippen LogP contribution in [0.15, 0.2) is 47.4 Å². The minimum absolute atomic E-state index is 0.200. The van der Waals surface area contributed by atoms with Gasteiger partial charge in [0.05, 0.1) is 5.56 Å². The molecule has 0 aliphatic heterocycles. The van der Waals surface area contributed by atoms with Gasteiger partial charge in [-0.1, -0.05) is 35.9 Å². The summed E-state index contributed by atoms with van der Waals surface area (Å²) in [6, 6.07) is 10.6. The van der Waals surface area contributed by atoms with E-state index in [1.54, 1.807) is 24.3 Å². The highest BCUT2D eigenvalue weighted by molar-refractivity contribution is 7.86. The molecule has 0 saturated heterocycles. The molecule has 0 heterocycles. The van der Waals surface area contributed by atoms with Crippen molar-refractivity contribution >= 4 is 16.1 Å². The van der Waals surface area contributed by atoms with E-state index in [1.807, 2.05) is 6.92 Å². The molecule has 6 heteroatoms. The van der Waals surface area contributed by atoms with Gasteiger partial charge in [0.25, 0.3) is 10.1 Å². The van der Waals surface area contributed by atoms with Crippen molar-refractivity contribution in [1.29, 1.82) is 0 Å². The lowest BCUT2D eigenvalue weighted by atomic mass is 10.0. The van der Waals surface area contributed by atoms with Crippen LogP contribution in [0, 0.1) is 6.92 Å². The summed E-state index contributed by atoms with van der Waals surface area (Å²) in [6.45, 7) is 1.89. The fraction of sp³-hybridized carbons (Fsp3) is 0.0714. The van der Waals surface area contributed by atoms with E-state index in [1.165, 1.54) is 12.1 Å². The molecule has 5 nitrogen and oxygen atoms in total. The standard InChI is InChI=1S/C14H12O5S/c1-9-2-4-10(5-3-9)12-7-6-11(14(15)16)8-13(12)20(17,18)19/h2-8H,1H3,(H,15,16)(H,17,18,19). The Labute approximate surface area is 116 Å². The van der Waals surface area contributed by atoms with E-state index in [9.17, 15) is 17.8 Å². The summed E-state index contributed by atoms with van der Waals surface area (Å²) in [5.74, 6) is -1.26. The summed E-state index contributed by atoms with van der Waals surface area (Å²) < 4.78 is 32.1. The van der Waals surface area contributed by atoms with Crippen molar-refractivity contribution in [2.75, 3.05) is 0 Å².